The number of nitrogens with zero attached hydrogens (tertiary/aromatic N) is 1. The molecular formula is C18H22BrN3O3. The van der Waals surface area contributed by atoms with Crippen LogP contribution in [0.3, 0.4) is 0 Å². The van der Waals surface area contributed by atoms with Gasteiger partial charge in [-0.2, -0.15) is 0 Å². The van der Waals surface area contributed by atoms with Gasteiger partial charge >= 0.3 is 6.03 Å². The zero-order valence-corrected chi connectivity index (χ0v) is 15.8. The number of hydrogen-bond donors (Lipinski definition) is 2. The van der Waals surface area contributed by atoms with Gasteiger partial charge in [-0.3, -0.25) is 14.5 Å². The second kappa shape index (κ2) is 7.15. The molecule has 2 N–H and O–H groups in total. The maximum absolute atomic E-state index is 12.7. The first-order valence-corrected chi connectivity index (χ1v) is 9.40. The average Bonchev–Trinajstić information content (AvgIpc) is 2.80. The van der Waals surface area contributed by atoms with Crippen LogP contribution in [-0.2, 0) is 9.59 Å². The summed E-state index contributed by atoms with van der Waals surface area (Å²) in [6.45, 7) is 1.62. The van der Waals surface area contributed by atoms with Crippen molar-refractivity contribution >= 4 is 33.8 Å². The summed E-state index contributed by atoms with van der Waals surface area (Å²) in [6.07, 6.45) is 4.23. The topological polar surface area (TPSA) is 78.5 Å². The summed E-state index contributed by atoms with van der Waals surface area (Å²) in [6, 6.07) is 6.93. The molecule has 7 heteroatoms. The van der Waals surface area contributed by atoms with E-state index in [1.807, 2.05) is 31.2 Å². The Bertz CT molecular complexity index is 701. The molecule has 1 saturated carbocycles. The molecule has 2 aliphatic rings. The van der Waals surface area contributed by atoms with Crippen molar-refractivity contribution in [2.45, 2.75) is 50.6 Å². The predicted molar refractivity (Wildman–Crippen MR) is 96.8 cm³/mol. The van der Waals surface area contributed by atoms with Gasteiger partial charge in [0.1, 0.15) is 12.1 Å². The highest BCUT2D eigenvalue weighted by Gasteiger charge is 2.51. The summed E-state index contributed by atoms with van der Waals surface area (Å²) < 4.78 is 0.902. The first kappa shape index (κ1) is 17.9. The smallest absolute Gasteiger partial charge is 0.325 e. The second-order valence-corrected chi connectivity index (χ2v) is 7.63. The lowest BCUT2D eigenvalue weighted by Gasteiger charge is -2.30. The van der Waals surface area contributed by atoms with Crippen molar-refractivity contribution in [2.24, 2.45) is 0 Å². The third-order valence-electron chi connectivity index (χ3n) is 5.00. The molecule has 1 atom stereocenters. The lowest BCUT2D eigenvalue weighted by molar-refractivity contribution is -0.136. The Morgan fingerprint density at radius 1 is 1.28 bits per heavy atom. The van der Waals surface area contributed by atoms with Crippen LogP contribution < -0.4 is 10.6 Å². The number of carbonyl (C=O) groups is 3. The van der Waals surface area contributed by atoms with Crippen molar-refractivity contribution < 1.29 is 14.4 Å². The van der Waals surface area contributed by atoms with E-state index in [1.165, 1.54) is 0 Å². The molecule has 0 radical (unpaired) electrons. The van der Waals surface area contributed by atoms with Crippen molar-refractivity contribution in [1.29, 1.82) is 0 Å². The quantitative estimate of drug-likeness (QED) is 0.753. The zero-order valence-electron chi connectivity index (χ0n) is 14.2. The van der Waals surface area contributed by atoms with Gasteiger partial charge in [0, 0.05) is 4.47 Å². The molecule has 1 aliphatic heterocycles. The fourth-order valence-electron chi connectivity index (χ4n) is 3.65. The number of urea groups is 1. The second-order valence-electron chi connectivity index (χ2n) is 6.77. The standard InChI is InChI=1S/C18H22BrN3O3/c1-12(13-7-3-4-8-14(13)19)20-15(23)11-22-16(24)18(21-17(22)25)9-5-2-6-10-18/h3-4,7-8,12H,2,5-6,9-11H2,1H3,(H,20,23)(H,21,25)/t12-/m0/s1. The van der Waals surface area contributed by atoms with Gasteiger partial charge in [0.05, 0.1) is 6.04 Å². The first-order chi connectivity index (χ1) is 11.9. The average molecular weight is 408 g/mol. The third-order valence-corrected chi connectivity index (χ3v) is 5.73. The minimum atomic E-state index is -0.788. The SMILES string of the molecule is C[C@H](NC(=O)CN1C(=O)NC2(CCCCC2)C1=O)c1ccccc1Br. The number of halogens is 1. The maximum Gasteiger partial charge on any atom is 0.325 e. The minimum Gasteiger partial charge on any atom is -0.348 e. The maximum atomic E-state index is 12.7. The van der Waals surface area contributed by atoms with Gasteiger partial charge in [-0.05, 0) is 31.4 Å². The van der Waals surface area contributed by atoms with Crippen LogP contribution in [0.2, 0.25) is 0 Å². The van der Waals surface area contributed by atoms with E-state index in [4.69, 9.17) is 0 Å². The molecule has 134 valence electrons. The van der Waals surface area contributed by atoms with Crippen molar-refractivity contribution in [1.82, 2.24) is 15.5 Å². The van der Waals surface area contributed by atoms with Gasteiger partial charge in [0.25, 0.3) is 5.91 Å². The third kappa shape index (κ3) is 3.56. The monoisotopic (exact) mass is 407 g/mol. The summed E-state index contributed by atoms with van der Waals surface area (Å²) in [5.41, 5.74) is 0.153. The van der Waals surface area contributed by atoms with Gasteiger partial charge in [0.15, 0.2) is 0 Å². The molecule has 1 aromatic rings. The van der Waals surface area contributed by atoms with Gasteiger partial charge < -0.3 is 10.6 Å². The Morgan fingerprint density at radius 3 is 2.64 bits per heavy atom. The van der Waals surface area contributed by atoms with Crippen molar-refractivity contribution in [3.63, 3.8) is 0 Å². The molecule has 25 heavy (non-hydrogen) atoms. The molecule has 3 rings (SSSR count). The van der Waals surface area contributed by atoms with E-state index in [0.717, 1.165) is 34.2 Å². The highest BCUT2D eigenvalue weighted by Crippen LogP contribution is 2.33. The van der Waals surface area contributed by atoms with E-state index in [2.05, 4.69) is 26.6 Å². The summed E-state index contributed by atoms with van der Waals surface area (Å²) in [7, 11) is 0. The molecular weight excluding hydrogens is 386 g/mol. The largest absolute Gasteiger partial charge is 0.348 e. The Morgan fingerprint density at radius 2 is 1.96 bits per heavy atom. The Labute approximate surface area is 155 Å². The molecule has 0 unspecified atom stereocenters. The normalized spacial score (nSPS) is 20.5. The molecule has 1 spiro atoms. The number of carbonyl (C=O) groups excluding carboxylic acids is 3. The molecule has 0 aromatic heterocycles. The van der Waals surface area contributed by atoms with E-state index in [0.29, 0.717) is 12.8 Å². The molecule has 1 heterocycles. The number of nitrogens with one attached hydrogen (secondary N) is 2. The minimum absolute atomic E-state index is 0.229. The van der Waals surface area contributed by atoms with Crippen LogP contribution in [0.25, 0.3) is 0 Å². The van der Waals surface area contributed by atoms with Crippen molar-refractivity contribution in [3.05, 3.63) is 34.3 Å². The van der Waals surface area contributed by atoms with Gasteiger partial charge in [-0.25, -0.2) is 4.79 Å². The molecule has 6 nitrogen and oxygen atoms in total. The van der Waals surface area contributed by atoms with Crippen LogP contribution >= 0.6 is 15.9 Å². The van der Waals surface area contributed by atoms with Crippen LogP contribution in [0, 0.1) is 0 Å². The fourth-order valence-corrected chi connectivity index (χ4v) is 4.28. The summed E-state index contributed by atoms with van der Waals surface area (Å²) in [5, 5.41) is 5.67. The number of amides is 4. The predicted octanol–water partition coefficient (Wildman–Crippen LogP) is 2.88. The van der Waals surface area contributed by atoms with Gasteiger partial charge in [-0.1, -0.05) is 53.4 Å². The highest BCUT2D eigenvalue weighted by molar-refractivity contribution is 9.10. The van der Waals surface area contributed by atoms with E-state index in [-0.39, 0.29) is 24.4 Å². The van der Waals surface area contributed by atoms with Crippen LogP contribution in [0.1, 0.15) is 50.6 Å². The van der Waals surface area contributed by atoms with Gasteiger partial charge in [-0.15, -0.1) is 0 Å². The van der Waals surface area contributed by atoms with E-state index in [1.54, 1.807) is 0 Å². The number of benzene rings is 1. The molecule has 0 bridgehead atoms. The van der Waals surface area contributed by atoms with Gasteiger partial charge in [0.2, 0.25) is 5.91 Å². The zero-order chi connectivity index (χ0) is 18.0. The highest BCUT2D eigenvalue weighted by atomic mass is 79.9. The Hall–Kier alpha value is -1.89. The van der Waals surface area contributed by atoms with Crippen LogP contribution in [0.4, 0.5) is 4.79 Å². The lowest BCUT2D eigenvalue weighted by atomic mass is 9.82. The Balaban J connectivity index is 1.64. The molecule has 4 amide bonds. The number of imide groups is 1. The molecule has 1 aromatic carbocycles. The van der Waals surface area contributed by atoms with E-state index >= 15 is 0 Å². The first-order valence-electron chi connectivity index (χ1n) is 8.61. The van der Waals surface area contributed by atoms with Crippen LogP contribution in [0.15, 0.2) is 28.7 Å². The summed E-state index contributed by atoms with van der Waals surface area (Å²) in [4.78, 5) is 38.3. The van der Waals surface area contributed by atoms with Crippen molar-refractivity contribution in [3.8, 4) is 0 Å². The molecule has 2 fully saturated rings. The summed E-state index contributed by atoms with van der Waals surface area (Å²) in [5.74, 6) is -0.611. The van der Waals surface area contributed by atoms with E-state index in [9.17, 15) is 14.4 Å². The van der Waals surface area contributed by atoms with Crippen molar-refractivity contribution in [2.75, 3.05) is 6.54 Å². The Kier molecular flexibility index (Phi) is 5.13. The van der Waals surface area contributed by atoms with Crippen LogP contribution in [-0.4, -0.2) is 34.8 Å². The molecule has 1 aliphatic carbocycles. The summed E-state index contributed by atoms with van der Waals surface area (Å²) >= 11 is 3.46. The van der Waals surface area contributed by atoms with Crippen LogP contribution in [0.5, 0.6) is 0 Å². The number of rotatable bonds is 4. The number of hydrogen-bond acceptors (Lipinski definition) is 3. The lowest BCUT2D eigenvalue weighted by Crippen LogP contribution is -2.49. The molecule has 1 saturated heterocycles. The van der Waals surface area contributed by atoms with E-state index < -0.39 is 11.6 Å². The fraction of sp³-hybridized carbons (Fsp3) is 0.500.